The Kier molecular flexibility index (Phi) is 3.55. The molecular weight excluding hydrogens is 244 g/mol. The lowest BCUT2D eigenvalue weighted by Gasteiger charge is -2.22. The predicted octanol–water partition coefficient (Wildman–Crippen LogP) is 3.66. The SMILES string of the molecule is C=Cc1ccc(C(C)(O)c2ccc(OC)cc2)s1. The Bertz CT molecular complexity index is 538. The van der Waals surface area contributed by atoms with Gasteiger partial charge in [0, 0.05) is 9.75 Å². The van der Waals surface area contributed by atoms with Crippen LogP contribution in [0.15, 0.2) is 43.0 Å². The van der Waals surface area contributed by atoms with Crippen molar-refractivity contribution in [3.8, 4) is 5.75 Å². The number of benzene rings is 1. The van der Waals surface area contributed by atoms with Crippen LogP contribution >= 0.6 is 11.3 Å². The quantitative estimate of drug-likeness (QED) is 0.909. The van der Waals surface area contributed by atoms with Crippen LogP contribution in [0.3, 0.4) is 0 Å². The standard InChI is InChI=1S/C15H16O2S/c1-4-13-9-10-14(18-13)15(2,16)11-5-7-12(17-3)8-6-11/h4-10,16H,1H2,2-3H3. The molecule has 0 bridgehead atoms. The third-order valence-electron chi connectivity index (χ3n) is 2.96. The van der Waals surface area contributed by atoms with E-state index in [4.69, 9.17) is 4.74 Å². The largest absolute Gasteiger partial charge is 0.497 e. The van der Waals surface area contributed by atoms with Crippen LogP contribution in [0.4, 0.5) is 0 Å². The van der Waals surface area contributed by atoms with E-state index < -0.39 is 5.60 Å². The van der Waals surface area contributed by atoms with Gasteiger partial charge in [-0.25, -0.2) is 0 Å². The molecule has 0 spiro atoms. The molecule has 94 valence electrons. The lowest BCUT2D eigenvalue weighted by atomic mass is 9.94. The van der Waals surface area contributed by atoms with E-state index in [9.17, 15) is 5.11 Å². The summed E-state index contributed by atoms with van der Waals surface area (Å²) < 4.78 is 5.12. The van der Waals surface area contributed by atoms with Gasteiger partial charge >= 0.3 is 0 Å². The van der Waals surface area contributed by atoms with Crippen molar-refractivity contribution in [2.45, 2.75) is 12.5 Å². The smallest absolute Gasteiger partial charge is 0.121 e. The summed E-state index contributed by atoms with van der Waals surface area (Å²) in [4.78, 5) is 1.96. The van der Waals surface area contributed by atoms with Crippen LogP contribution < -0.4 is 4.74 Å². The first-order valence-corrected chi connectivity index (χ1v) is 6.49. The Morgan fingerprint density at radius 1 is 1.22 bits per heavy atom. The molecule has 18 heavy (non-hydrogen) atoms. The van der Waals surface area contributed by atoms with Gasteiger partial charge in [-0.05, 0) is 36.8 Å². The van der Waals surface area contributed by atoms with Gasteiger partial charge in [0.15, 0.2) is 0 Å². The molecule has 2 rings (SSSR count). The first-order valence-electron chi connectivity index (χ1n) is 5.67. The van der Waals surface area contributed by atoms with Gasteiger partial charge in [0.1, 0.15) is 11.4 Å². The molecular formula is C15H16O2S. The fourth-order valence-corrected chi connectivity index (χ4v) is 2.71. The van der Waals surface area contributed by atoms with Crippen LogP contribution in [-0.2, 0) is 5.60 Å². The number of thiophene rings is 1. The highest BCUT2D eigenvalue weighted by Crippen LogP contribution is 2.34. The summed E-state index contributed by atoms with van der Waals surface area (Å²) in [5.41, 5.74) is -0.140. The summed E-state index contributed by atoms with van der Waals surface area (Å²) in [6, 6.07) is 11.4. The maximum absolute atomic E-state index is 10.7. The Morgan fingerprint density at radius 3 is 2.39 bits per heavy atom. The topological polar surface area (TPSA) is 29.5 Å². The van der Waals surface area contributed by atoms with Crippen LogP contribution in [0.2, 0.25) is 0 Å². The monoisotopic (exact) mass is 260 g/mol. The summed E-state index contributed by atoms with van der Waals surface area (Å²) in [5.74, 6) is 0.785. The third kappa shape index (κ3) is 2.33. The third-order valence-corrected chi connectivity index (χ3v) is 4.25. The lowest BCUT2D eigenvalue weighted by Crippen LogP contribution is -2.21. The maximum Gasteiger partial charge on any atom is 0.121 e. The molecule has 1 heterocycles. The van der Waals surface area contributed by atoms with E-state index in [1.54, 1.807) is 31.4 Å². The Labute approximate surface area is 111 Å². The lowest BCUT2D eigenvalue weighted by molar-refractivity contribution is 0.106. The van der Waals surface area contributed by atoms with Crippen LogP contribution in [0, 0.1) is 0 Å². The average Bonchev–Trinajstić information content (AvgIpc) is 2.88. The van der Waals surface area contributed by atoms with Gasteiger partial charge in [-0.15, -0.1) is 11.3 Å². The average molecular weight is 260 g/mol. The number of rotatable bonds is 4. The molecule has 0 fully saturated rings. The van der Waals surface area contributed by atoms with E-state index in [0.29, 0.717) is 0 Å². The van der Waals surface area contributed by atoms with Gasteiger partial charge in [0.05, 0.1) is 7.11 Å². The van der Waals surface area contributed by atoms with Crippen LogP contribution in [-0.4, -0.2) is 12.2 Å². The Balaban J connectivity index is 2.36. The second kappa shape index (κ2) is 4.96. The summed E-state index contributed by atoms with van der Waals surface area (Å²) >= 11 is 1.55. The second-order valence-corrected chi connectivity index (χ2v) is 5.32. The van der Waals surface area contributed by atoms with E-state index in [1.807, 2.05) is 36.4 Å². The molecule has 0 aliphatic carbocycles. The number of hydrogen-bond acceptors (Lipinski definition) is 3. The molecule has 1 N–H and O–H groups in total. The highest BCUT2D eigenvalue weighted by molar-refractivity contribution is 7.13. The van der Waals surface area contributed by atoms with E-state index in [1.165, 1.54) is 0 Å². The van der Waals surface area contributed by atoms with Gasteiger partial charge in [-0.2, -0.15) is 0 Å². The Hall–Kier alpha value is -1.58. The highest BCUT2D eigenvalue weighted by Gasteiger charge is 2.27. The molecule has 0 saturated carbocycles. The molecule has 0 amide bonds. The number of aliphatic hydroxyl groups is 1. The number of methoxy groups -OCH3 is 1. The maximum atomic E-state index is 10.7. The first-order chi connectivity index (χ1) is 8.57. The van der Waals surface area contributed by atoms with Crippen molar-refractivity contribution in [1.29, 1.82) is 0 Å². The normalized spacial score (nSPS) is 13.9. The van der Waals surface area contributed by atoms with Gasteiger partial charge in [-0.1, -0.05) is 24.8 Å². The second-order valence-electron chi connectivity index (χ2n) is 4.21. The fourth-order valence-electron chi connectivity index (χ4n) is 1.78. The van der Waals surface area contributed by atoms with Crippen molar-refractivity contribution in [3.05, 3.63) is 58.3 Å². The zero-order valence-corrected chi connectivity index (χ0v) is 11.3. The number of hydrogen-bond donors (Lipinski definition) is 1. The minimum atomic E-state index is -0.988. The van der Waals surface area contributed by atoms with Gasteiger partial charge in [-0.3, -0.25) is 0 Å². The van der Waals surface area contributed by atoms with Crippen LogP contribution in [0.5, 0.6) is 5.75 Å². The van der Waals surface area contributed by atoms with Crippen LogP contribution in [0.1, 0.15) is 22.2 Å². The van der Waals surface area contributed by atoms with E-state index in [2.05, 4.69) is 6.58 Å². The van der Waals surface area contributed by atoms with Gasteiger partial charge in [0.25, 0.3) is 0 Å². The molecule has 0 radical (unpaired) electrons. The van der Waals surface area contributed by atoms with Crippen molar-refractivity contribution in [2.75, 3.05) is 7.11 Å². The van der Waals surface area contributed by atoms with E-state index >= 15 is 0 Å². The molecule has 3 heteroatoms. The summed E-state index contributed by atoms with van der Waals surface area (Å²) in [7, 11) is 1.63. The van der Waals surface area contributed by atoms with Crippen LogP contribution in [0.25, 0.3) is 6.08 Å². The first kappa shape index (κ1) is 12.9. The fraction of sp³-hybridized carbons (Fsp3) is 0.200. The Morgan fingerprint density at radius 2 is 1.89 bits per heavy atom. The van der Waals surface area contributed by atoms with Crippen molar-refractivity contribution >= 4 is 17.4 Å². The summed E-state index contributed by atoms with van der Waals surface area (Å²) in [6.45, 7) is 5.53. The molecule has 1 aromatic heterocycles. The zero-order chi connectivity index (χ0) is 13.2. The van der Waals surface area contributed by atoms with Gasteiger partial charge in [0.2, 0.25) is 0 Å². The van der Waals surface area contributed by atoms with Crippen molar-refractivity contribution in [2.24, 2.45) is 0 Å². The van der Waals surface area contributed by atoms with E-state index in [0.717, 1.165) is 21.1 Å². The predicted molar refractivity (Wildman–Crippen MR) is 76.1 cm³/mol. The molecule has 1 atom stereocenters. The zero-order valence-electron chi connectivity index (χ0n) is 10.5. The van der Waals surface area contributed by atoms with Crippen molar-refractivity contribution in [1.82, 2.24) is 0 Å². The van der Waals surface area contributed by atoms with Gasteiger partial charge < -0.3 is 9.84 Å². The minimum absolute atomic E-state index is 0.785. The summed E-state index contributed by atoms with van der Waals surface area (Å²) in [5, 5.41) is 10.7. The molecule has 2 nitrogen and oxygen atoms in total. The molecule has 0 saturated heterocycles. The number of ether oxygens (including phenoxy) is 1. The molecule has 0 aliphatic rings. The molecule has 0 aliphatic heterocycles. The van der Waals surface area contributed by atoms with Crippen molar-refractivity contribution in [3.63, 3.8) is 0 Å². The minimum Gasteiger partial charge on any atom is -0.497 e. The molecule has 2 aromatic rings. The molecule has 1 aromatic carbocycles. The molecule has 1 unspecified atom stereocenters. The van der Waals surface area contributed by atoms with Crippen molar-refractivity contribution < 1.29 is 9.84 Å². The highest BCUT2D eigenvalue weighted by atomic mass is 32.1. The summed E-state index contributed by atoms with van der Waals surface area (Å²) in [6.07, 6.45) is 1.79. The van der Waals surface area contributed by atoms with E-state index in [-0.39, 0.29) is 0 Å².